The second-order valence-corrected chi connectivity index (χ2v) is 8.59. The topological polar surface area (TPSA) is 84.9 Å². The average molecular weight is 431 g/mol. The molecule has 0 bridgehead atoms. The Bertz CT molecular complexity index is 997. The van der Waals surface area contributed by atoms with Crippen LogP contribution in [0.15, 0.2) is 36.4 Å². The number of ether oxygens (including phenoxy) is 2. The van der Waals surface area contributed by atoms with Gasteiger partial charge in [-0.15, -0.1) is 0 Å². The summed E-state index contributed by atoms with van der Waals surface area (Å²) in [5.74, 6) is 0.526. The van der Waals surface area contributed by atoms with Gasteiger partial charge in [0.25, 0.3) is 0 Å². The van der Waals surface area contributed by atoms with Gasteiger partial charge < -0.3 is 14.8 Å². The van der Waals surface area contributed by atoms with Crippen LogP contribution < -0.4 is 19.1 Å². The maximum atomic E-state index is 12.7. The summed E-state index contributed by atoms with van der Waals surface area (Å²) in [7, 11) is -3.82. The van der Waals surface area contributed by atoms with Crippen LogP contribution in [0.1, 0.15) is 6.92 Å². The van der Waals surface area contributed by atoms with E-state index in [1.54, 1.807) is 18.2 Å². The van der Waals surface area contributed by atoms with Crippen molar-refractivity contribution in [1.82, 2.24) is 0 Å². The third-order valence-corrected chi connectivity index (χ3v) is 5.66. The molecule has 0 saturated heterocycles. The number of anilines is 2. The summed E-state index contributed by atoms with van der Waals surface area (Å²) in [6, 6.07) is 8.21. The van der Waals surface area contributed by atoms with Crippen molar-refractivity contribution in [2.24, 2.45) is 0 Å². The first-order chi connectivity index (χ1) is 12.7. The molecule has 0 fully saturated rings. The monoisotopic (exact) mass is 430 g/mol. The van der Waals surface area contributed by atoms with Crippen LogP contribution in [0.5, 0.6) is 11.5 Å². The molecule has 1 unspecified atom stereocenters. The summed E-state index contributed by atoms with van der Waals surface area (Å²) < 4.78 is 36.1. The predicted molar refractivity (Wildman–Crippen MR) is 104 cm³/mol. The van der Waals surface area contributed by atoms with E-state index in [0.717, 1.165) is 10.6 Å². The second-order valence-electron chi connectivity index (χ2n) is 5.89. The Morgan fingerprint density at radius 2 is 1.85 bits per heavy atom. The fourth-order valence-corrected chi connectivity index (χ4v) is 4.26. The van der Waals surface area contributed by atoms with Gasteiger partial charge in [0.1, 0.15) is 6.04 Å². The molecule has 0 aromatic heterocycles. The van der Waals surface area contributed by atoms with Gasteiger partial charge in [-0.1, -0.05) is 23.2 Å². The predicted octanol–water partition coefficient (Wildman–Crippen LogP) is 3.52. The normalized spacial score (nSPS) is 13.9. The third-order valence-electron chi connectivity index (χ3n) is 3.87. The van der Waals surface area contributed by atoms with Crippen molar-refractivity contribution < 1.29 is 22.7 Å². The molecule has 2 aromatic rings. The Balaban J connectivity index is 1.89. The zero-order chi connectivity index (χ0) is 19.8. The molecule has 10 heteroatoms. The quantitative estimate of drug-likeness (QED) is 0.783. The molecule has 1 atom stereocenters. The maximum absolute atomic E-state index is 12.7. The lowest BCUT2D eigenvalue weighted by Gasteiger charge is -2.29. The molecule has 3 rings (SSSR count). The number of carbonyl (C=O) groups excluding carboxylic acids is 1. The van der Waals surface area contributed by atoms with Crippen molar-refractivity contribution in [3.8, 4) is 11.5 Å². The summed E-state index contributed by atoms with van der Waals surface area (Å²) in [4.78, 5) is 12.7. The van der Waals surface area contributed by atoms with Gasteiger partial charge in [0.05, 0.1) is 17.0 Å². The zero-order valence-corrected chi connectivity index (χ0v) is 16.7. The fourth-order valence-electron chi connectivity index (χ4n) is 2.66. The van der Waals surface area contributed by atoms with Gasteiger partial charge in [0, 0.05) is 16.8 Å². The van der Waals surface area contributed by atoms with Crippen LogP contribution in [0.25, 0.3) is 0 Å². The van der Waals surface area contributed by atoms with Crippen LogP contribution in [0.3, 0.4) is 0 Å². The zero-order valence-electron chi connectivity index (χ0n) is 14.4. The number of nitrogens with one attached hydrogen (secondary N) is 1. The van der Waals surface area contributed by atoms with Crippen LogP contribution in [-0.4, -0.2) is 33.4 Å². The van der Waals surface area contributed by atoms with Gasteiger partial charge in [-0.25, -0.2) is 8.42 Å². The number of sulfonamides is 1. The van der Waals surface area contributed by atoms with Gasteiger partial charge in [-0.2, -0.15) is 0 Å². The van der Waals surface area contributed by atoms with Crippen molar-refractivity contribution in [2.75, 3.05) is 22.7 Å². The largest absolute Gasteiger partial charge is 0.454 e. The standard InChI is InChI=1S/C17H16Cl2N2O5S/c1-10(17(22)20-12-4-6-15-16(8-12)26-9-25-15)21(27(2,23)24)14-7-11(18)3-5-13(14)19/h3-8,10H,9H2,1-2H3,(H,20,22). The van der Waals surface area contributed by atoms with Gasteiger partial charge in [-0.3, -0.25) is 9.10 Å². The van der Waals surface area contributed by atoms with Gasteiger partial charge in [-0.05, 0) is 37.3 Å². The number of carbonyl (C=O) groups is 1. The molecular weight excluding hydrogens is 415 g/mol. The summed E-state index contributed by atoms with van der Waals surface area (Å²) in [5, 5.41) is 3.13. The number of nitrogens with zero attached hydrogens (tertiary/aromatic N) is 1. The van der Waals surface area contributed by atoms with Crippen molar-refractivity contribution in [2.45, 2.75) is 13.0 Å². The Hall–Kier alpha value is -2.16. The van der Waals surface area contributed by atoms with Gasteiger partial charge >= 0.3 is 0 Å². The first-order valence-electron chi connectivity index (χ1n) is 7.82. The maximum Gasteiger partial charge on any atom is 0.247 e. The van der Waals surface area contributed by atoms with Crippen LogP contribution in [0.2, 0.25) is 10.0 Å². The number of benzene rings is 2. The van der Waals surface area contributed by atoms with E-state index in [1.807, 2.05) is 0 Å². The molecule has 0 radical (unpaired) electrons. The van der Waals surface area contributed by atoms with Crippen molar-refractivity contribution >= 4 is 50.5 Å². The van der Waals surface area contributed by atoms with E-state index in [0.29, 0.717) is 22.2 Å². The summed E-state index contributed by atoms with van der Waals surface area (Å²) in [5.41, 5.74) is 0.571. The van der Waals surface area contributed by atoms with Gasteiger partial charge in [0.15, 0.2) is 11.5 Å². The average Bonchev–Trinajstić information content (AvgIpc) is 3.04. The van der Waals surface area contributed by atoms with E-state index >= 15 is 0 Å². The highest BCUT2D eigenvalue weighted by atomic mass is 35.5. The lowest BCUT2D eigenvalue weighted by molar-refractivity contribution is -0.116. The smallest absolute Gasteiger partial charge is 0.247 e. The summed E-state index contributed by atoms with van der Waals surface area (Å²) in [6.45, 7) is 1.57. The van der Waals surface area contributed by atoms with E-state index in [2.05, 4.69) is 5.32 Å². The van der Waals surface area contributed by atoms with Crippen molar-refractivity contribution in [3.05, 3.63) is 46.4 Å². The molecule has 0 aliphatic carbocycles. The van der Waals surface area contributed by atoms with Crippen molar-refractivity contribution in [3.63, 3.8) is 0 Å². The lowest BCUT2D eigenvalue weighted by Crippen LogP contribution is -2.45. The number of fused-ring (bicyclic) bond motifs is 1. The van der Waals surface area contributed by atoms with E-state index in [1.165, 1.54) is 25.1 Å². The Morgan fingerprint density at radius 3 is 2.56 bits per heavy atom. The third kappa shape index (κ3) is 4.23. The van der Waals surface area contributed by atoms with Crippen LogP contribution >= 0.6 is 23.2 Å². The lowest BCUT2D eigenvalue weighted by atomic mass is 10.2. The number of halogens is 2. The Kier molecular flexibility index (Phi) is 5.41. The second kappa shape index (κ2) is 7.46. The minimum absolute atomic E-state index is 0.109. The minimum atomic E-state index is -3.82. The van der Waals surface area contributed by atoms with Crippen LogP contribution in [0, 0.1) is 0 Å². The van der Waals surface area contributed by atoms with Gasteiger partial charge in [0.2, 0.25) is 22.7 Å². The molecule has 1 aliphatic heterocycles. The number of amides is 1. The number of rotatable bonds is 5. The highest BCUT2D eigenvalue weighted by Gasteiger charge is 2.31. The molecular formula is C17H16Cl2N2O5S. The van der Waals surface area contributed by atoms with E-state index < -0.39 is 22.0 Å². The first kappa shape index (κ1) is 19.6. The highest BCUT2D eigenvalue weighted by Crippen LogP contribution is 2.35. The van der Waals surface area contributed by atoms with Crippen molar-refractivity contribution in [1.29, 1.82) is 0 Å². The molecule has 144 valence electrons. The van der Waals surface area contributed by atoms with E-state index in [9.17, 15) is 13.2 Å². The summed E-state index contributed by atoms with van der Waals surface area (Å²) in [6.07, 6.45) is 0.995. The van der Waals surface area contributed by atoms with E-state index in [-0.39, 0.29) is 17.5 Å². The molecule has 7 nitrogen and oxygen atoms in total. The fraction of sp³-hybridized carbons (Fsp3) is 0.235. The van der Waals surface area contributed by atoms with Crippen LogP contribution in [0.4, 0.5) is 11.4 Å². The Labute approximate surface area is 166 Å². The molecule has 1 aliphatic rings. The molecule has 1 amide bonds. The van der Waals surface area contributed by atoms with Crippen LogP contribution in [-0.2, 0) is 14.8 Å². The summed E-state index contributed by atoms with van der Waals surface area (Å²) >= 11 is 12.1. The molecule has 27 heavy (non-hydrogen) atoms. The molecule has 0 spiro atoms. The Morgan fingerprint density at radius 1 is 1.15 bits per heavy atom. The minimum Gasteiger partial charge on any atom is -0.454 e. The first-order valence-corrected chi connectivity index (χ1v) is 10.4. The SMILES string of the molecule is CC(C(=O)Nc1ccc2c(c1)OCO2)N(c1cc(Cl)ccc1Cl)S(C)(=O)=O. The molecule has 1 heterocycles. The number of hydrogen-bond acceptors (Lipinski definition) is 5. The number of hydrogen-bond donors (Lipinski definition) is 1. The molecule has 1 N–H and O–H groups in total. The van der Waals surface area contributed by atoms with E-state index in [4.69, 9.17) is 32.7 Å². The highest BCUT2D eigenvalue weighted by molar-refractivity contribution is 7.92. The molecule has 2 aromatic carbocycles. The molecule has 0 saturated carbocycles.